The van der Waals surface area contributed by atoms with Crippen LogP contribution in [0.5, 0.6) is 5.75 Å². The van der Waals surface area contributed by atoms with Crippen LogP contribution in [0, 0.1) is 11.2 Å². The molecule has 0 aliphatic carbocycles. The Hall–Kier alpha value is -1.78. The highest BCUT2D eigenvalue weighted by atomic mass is 127. The smallest absolute Gasteiger partial charge is 0.126 e. The number of nitrogens with two attached hydrogens (primary N) is 2. The van der Waals surface area contributed by atoms with Crippen molar-refractivity contribution in [3.8, 4) is 16.9 Å². The van der Waals surface area contributed by atoms with Gasteiger partial charge in [0.15, 0.2) is 0 Å². The van der Waals surface area contributed by atoms with Gasteiger partial charge in [0.1, 0.15) is 5.75 Å². The quantitative estimate of drug-likeness (QED) is 0.460. The number of hydrogen-bond donors (Lipinski definition) is 3. The van der Waals surface area contributed by atoms with Crippen LogP contribution in [0.2, 0.25) is 0 Å². The second-order valence-electron chi connectivity index (χ2n) is 4.68. The van der Waals surface area contributed by atoms with Crippen LogP contribution in [0.3, 0.4) is 0 Å². The van der Waals surface area contributed by atoms with E-state index < -0.39 is 0 Å². The summed E-state index contributed by atoms with van der Waals surface area (Å²) in [6.07, 6.45) is 0. The van der Waals surface area contributed by atoms with Gasteiger partial charge in [-0.1, -0.05) is 44.0 Å². The third kappa shape index (κ3) is 5.11. The molecule has 0 amide bonds. The first-order valence-corrected chi connectivity index (χ1v) is 10.8. The summed E-state index contributed by atoms with van der Waals surface area (Å²) in [5.74, 6) is 3.05. The van der Waals surface area contributed by atoms with Crippen LogP contribution in [0.25, 0.3) is 11.4 Å². The van der Waals surface area contributed by atoms with Crippen LogP contribution in [-0.4, -0.2) is 5.11 Å². The Bertz CT molecular complexity index is 878. The van der Waals surface area contributed by atoms with E-state index in [9.17, 15) is 5.11 Å². The Morgan fingerprint density at radius 3 is 2.25 bits per heavy atom. The maximum atomic E-state index is 10.2. The van der Waals surface area contributed by atoms with Gasteiger partial charge >= 0.3 is 0 Å². The lowest BCUT2D eigenvalue weighted by molar-refractivity contribution is 0.473. The molecular formula is C19H21IN2OS. The Labute approximate surface area is 159 Å². The standard InChI is InChI=1S/C17H15IN2OS.C2H6/c1-11(19)13-4-2-3-5-14(13)17(20)15-7-6-12(8-9-22-18)10-16(15)21;1-2/h2-7,10,21H,19-20H2,1H3;1-2H3/b13-11+,17-14-;. The van der Waals surface area contributed by atoms with Crippen LogP contribution < -0.4 is 21.9 Å². The molecule has 2 aromatic carbocycles. The molecule has 0 radical (unpaired) electrons. The zero-order chi connectivity index (χ0) is 18.1. The van der Waals surface area contributed by atoms with Gasteiger partial charge in [-0.25, -0.2) is 0 Å². The normalized spacial score (nSPS) is 12.2. The lowest BCUT2D eigenvalue weighted by atomic mass is 10.0. The third-order valence-corrected chi connectivity index (χ3v) is 4.00. The fourth-order valence-corrected chi connectivity index (χ4v) is 2.61. The molecule has 0 unspecified atom stereocenters. The van der Waals surface area contributed by atoms with Crippen LogP contribution in [0.1, 0.15) is 31.9 Å². The average Bonchev–Trinajstić information content (AvgIpc) is 2.61. The van der Waals surface area contributed by atoms with Crippen molar-refractivity contribution in [3.05, 3.63) is 64.0 Å². The van der Waals surface area contributed by atoms with Crippen molar-refractivity contribution in [3.63, 3.8) is 0 Å². The summed E-state index contributed by atoms with van der Waals surface area (Å²) < 4.78 is 0. The van der Waals surface area contributed by atoms with E-state index in [-0.39, 0.29) is 5.75 Å². The van der Waals surface area contributed by atoms with Crippen molar-refractivity contribution in [2.75, 3.05) is 0 Å². The van der Waals surface area contributed by atoms with Crippen molar-refractivity contribution in [2.45, 2.75) is 20.8 Å². The SMILES string of the molecule is C/C(N)=c1/cccc/c1=C(/N)c1ccc(C#CSI)cc1O.CC. The maximum Gasteiger partial charge on any atom is 0.126 e. The number of halogens is 1. The molecule has 5 heteroatoms. The topological polar surface area (TPSA) is 72.3 Å². The van der Waals surface area contributed by atoms with Gasteiger partial charge in [0, 0.05) is 48.5 Å². The first-order chi connectivity index (χ1) is 11.5. The first kappa shape index (κ1) is 20.3. The van der Waals surface area contributed by atoms with Crippen molar-refractivity contribution in [1.82, 2.24) is 0 Å². The van der Waals surface area contributed by atoms with Crippen LogP contribution in [0.15, 0.2) is 42.5 Å². The highest BCUT2D eigenvalue weighted by molar-refractivity contribution is 14.2. The molecule has 3 nitrogen and oxygen atoms in total. The summed E-state index contributed by atoms with van der Waals surface area (Å²) in [5, 5.41) is 14.8. The lowest BCUT2D eigenvalue weighted by Crippen LogP contribution is -2.33. The van der Waals surface area contributed by atoms with E-state index in [1.165, 1.54) is 8.93 Å². The predicted molar refractivity (Wildman–Crippen MR) is 114 cm³/mol. The number of benzene rings is 2. The molecule has 0 aliphatic rings. The van der Waals surface area contributed by atoms with E-state index in [2.05, 4.69) is 32.4 Å². The number of hydrogen-bond acceptors (Lipinski definition) is 4. The molecule has 0 aliphatic heterocycles. The minimum atomic E-state index is 0.104. The molecule has 5 N–H and O–H groups in total. The number of rotatable bonds is 1. The van der Waals surface area contributed by atoms with Crippen molar-refractivity contribution >= 4 is 41.5 Å². The van der Waals surface area contributed by atoms with Crippen molar-refractivity contribution in [1.29, 1.82) is 0 Å². The van der Waals surface area contributed by atoms with E-state index in [0.29, 0.717) is 17.0 Å². The summed E-state index contributed by atoms with van der Waals surface area (Å²) in [7, 11) is 1.40. The fourth-order valence-electron chi connectivity index (χ4n) is 2.12. The Balaban J connectivity index is 0.00000139. The molecule has 126 valence electrons. The third-order valence-electron chi connectivity index (χ3n) is 3.16. The minimum absolute atomic E-state index is 0.104. The first-order valence-electron chi connectivity index (χ1n) is 7.47. The highest BCUT2D eigenvalue weighted by Gasteiger charge is 2.06. The second kappa shape index (κ2) is 10.2. The molecule has 0 aromatic heterocycles. The minimum Gasteiger partial charge on any atom is -0.507 e. The molecule has 0 fully saturated rings. The van der Waals surface area contributed by atoms with Crippen molar-refractivity contribution in [2.24, 2.45) is 11.5 Å². The molecule has 2 aromatic rings. The fraction of sp³-hybridized carbons (Fsp3) is 0.158. The Kier molecular flexibility index (Phi) is 8.58. The van der Waals surface area contributed by atoms with E-state index >= 15 is 0 Å². The zero-order valence-electron chi connectivity index (χ0n) is 13.9. The summed E-state index contributed by atoms with van der Waals surface area (Å²) >= 11 is 2.10. The van der Waals surface area contributed by atoms with Crippen LogP contribution in [0.4, 0.5) is 0 Å². The van der Waals surface area contributed by atoms with Gasteiger partial charge in [-0.2, -0.15) is 0 Å². The van der Waals surface area contributed by atoms with Crippen LogP contribution >= 0.6 is 30.1 Å². The molecule has 0 saturated heterocycles. The Morgan fingerprint density at radius 2 is 1.71 bits per heavy atom. The maximum absolute atomic E-state index is 10.2. The van der Waals surface area contributed by atoms with Gasteiger partial charge in [-0.15, -0.1) is 0 Å². The zero-order valence-corrected chi connectivity index (χ0v) is 16.9. The largest absolute Gasteiger partial charge is 0.507 e. The number of phenolic OH excluding ortho intramolecular Hbond substituents is 1. The molecular weight excluding hydrogens is 431 g/mol. The van der Waals surface area contributed by atoms with Gasteiger partial charge < -0.3 is 16.6 Å². The Morgan fingerprint density at radius 1 is 1.08 bits per heavy atom. The lowest BCUT2D eigenvalue weighted by Gasteiger charge is -2.06. The van der Waals surface area contributed by atoms with E-state index in [1.807, 2.05) is 51.1 Å². The van der Waals surface area contributed by atoms with Crippen LogP contribution in [-0.2, 0) is 0 Å². The van der Waals surface area contributed by atoms with Crippen molar-refractivity contribution < 1.29 is 5.11 Å². The summed E-state index contributed by atoms with van der Waals surface area (Å²) in [4.78, 5) is 0. The monoisotopic (exact) mass is 452 g/mol. The average molecular weight is 452 g/mol. The molecule has 0 saturated carbocycles. The number of aromatic hydroxyl groups is 1. The van der Waals surface area contributed by atoms with E-state index in [4.69, 9.17) is 11.5 Å². The highest BCUT2D eigenvalue weighted by Crippen LogP contribution is 2.22. The van der Waals surface area contributed by atoms with E-state index in [1.54, 1.807) is 12.1 Å². The van der Waals surface area contributed by atoms with E-state index in [0.717, 1.165) is 16.0 Å². The van der Waals surface area contributed by atoms with Gasteiger partial charge in [-0.05, 0) is 39.3 Å². The molecule has 2 rings (SSSR count). The predicted octanol–water partition coefficient (Wildman–Crippen LogP) is 3.01. The molecule has 0 atom stereocenters. The molecule has 0 spiro atoms. The molecule has 24 heavy (non-hydrogen) atoms. The van der Waals surface area contributed by atoms with Gasteiger partial charge in [0.2, 0.25) is 0 Å². The summed E-state index contributed by atoms with van der Waals surface area (Å²) in [5.41, 5.74) is 14.6. The summed E-state index contributed by atoms with van der Waals surface area (Å²) in [6, 6.07) is 12.8. The van der Waals surface area contributed by atoms with Gasteiger partial charge in [-0.3, -0.25) is 0 Å². The molecule has 0 bridgehead atoms. The number of phenols is 1. The summed E-state index contributed by atoms with van der Waals surface area (Å²) in [6.45, 7) is 5.83. The van der Waals surface area contributed by atoms with Gasteiger partial charge in [0.05, 0.1) is 5.70 Å². The van der Waals surface area contributed by atoms with Gasteiger partial charge in [0.25, 0.3) is 0 Å². The molecule has 0 heterocycles. The second-order valence-corrected chi connectivity index (χ2v) is 6.36.